The van der Waals surface area contributed by atoms with Crippen LogP contribution in [0, 0.1) is 11.7 Å². The van der Waals surface area contributed by atoms with E-state index in [0.29, 0.717) is 16.5 Å². The molecule has 0 bridgehead atoms. The van der Waals surface area contributed by atoms with E-state index in [9.17, 15) is 14.0 Å². The maximum atomic E-state index is 14.3. The number of carbonyl (C=O) groups excluding carboxylic acids is 1. The number of benzene rings is 2. The first-order chi connectivity index (χ1) is 14.0. The highest BCUT2D eigenvalue weighted by Crippen LogP contribution is 2.30. The van der Waals surface area contributed by atoms with Crippen molar-refractivity contribution in [2.24, 2.45) is 5.92 Å². The maximum Gasteiger partial charge on any atom is 0.349 e. The Balaban J connectivity index is 1.76. The predicted octanol–water partition coefficient (Wildman–Crippen LogP) is 5.15. The van der Waals surface area contributed by atoms with Crippen molar-refractivity contribution in [2.45, 2.75) is 45.2 Å². The second-order valence-corrected chi connectivity index (χ2v) is 7.84. The predicted molar refractivity (Wildman–Crippen MR) is 110 cm³/mol. The van der Waals surface area contributed by atoms with Crippen LogP contribution in [0.15, 0.2) is 63.8 Å². The highest BCUT2D eigenvalue weighted by atomic mass is 19.1. The smallest absolute Gasteiger partial charge is 0.349 e. The lowest BCUT2D eigenvalue weighted by Crippen LogP contribution is -2.46. The molecule has 1 aliphatic carbocycles. The van der Waals surface area contributed by atoms with Gasteiger partial charge in [-0.05, 0) is 37.0 Å². The molecule has 1 aliphatic rings. The lowest BCUT2D eigenvalue weighted by molar-refractivity contribution is 0.0522. The van der Waals surface area contributed by atoms with Crippen LogP contribution >= 0.6 is 0 Å². The van der Waals surface area contributed by atoms with Gasteiger partial charge in [-0.15, -0.1) is 0 Å². The second-order valence-electron chi connectivity index (χ2n) is 7.84. The van der Waals surface area contributed by atoms with E-state index in [1.807, 2.05) is 6.07 Å². The zero-order valence-electron chi connectivity index (χ0n) is 16.4. The molecule has 0 radical (unpaired) electrons. The van der Waals surface area contributed by atoms with Gasteiger partial charge in [-0.1, -0.05) is 56.2 Å². The Morgan fingerprint density at radius 3 is 2.62 bits per heavy atom. The van der Waals surface area contributed by atoms with Gasteiger partial charge in [0.1, 0.15) is 17.0 Å². The number of halogens is 1. The molecule has 29 heavy (non-hydrogen) atoms. The van der Waals surface area contributed by atoms with Gasteiger partial charge in [0, 0.05) is 23.5 Å². The molecule has 5 heteroatoms. The summed E-state index contributed by atoms with van der Waals surface area (Å²) in [7, 11) is 0. The molecule has 1 aromatic heterocycles. The largest absolute Gasteiger partial charge is 0.422 e. The van der Waals surface area contributed by atoms with Gasteiger partial charge in [0.2, 0.25) is 0 Å². The number of carbonyl (C=O) groups is 1. The molecule has 1 fully saturated rings. The monoisotopic (exact) mass is 393 g/mol. The summed E-state index contributed by atoms with van der Waals surface area (Å²) in [5, 5.41) is 0.693. The van der Waals surface area contributed by atoms with E-state index < -0.39 is 11.5 Å². The van der Waals surface area contributed by atoms with Crippen LogP contribution < -0.4 is 5.63 Å². The van der Waals surface area contributed by atoms with Crippen molar-refractivity contribution < 1.29 is 13.6 Å². The summed E-state index contributed by atoms with van der Waals surface area (Å²) in [6.07, 6.45) is 4.00. The van der Waals surface area contributed by atoms with E-state index in [1.54, 1.807) is 47.4 Å². The SMILES string of the molecule is C[C@@H]1CCCC[C@H]1N(Cc1ccccc1F)C(=O)c1cc2ccccc2oc1=O. The first-order valence-electron chi connectivity index (χ1n) is 10.1. The van der Waals surface area contributed by atoms with E-state index in [0.717, 1.165) is 25.7 Å². The van der Waals surface area contributed by atoms with Gasteiger partial charge < -0.3 is 9.32 Å². The lowest BCUT2D eigenvalue weighted by atomic mass is 9.84. The van der Waals surface area contributed by atoms with Crippen LogP contribution in [0.4, 0.5) is 4.39 Å². The molecule has 1 amide bonds. The van der Waals surface area contributed by atoms with Crippen molar-refractivity contribution >= 4 is 16.9 Å². The van der Waals surface area contributed by atoms with E-state index in [4.69, 9.17) is 4.42 Å². The van der Waals surface area contributed by atoms with E-state index >= 15 is 0 Å². The fourth-order valence-corrected chi connectivity index (χ4v) is 4.28. The maximum absolute atomic E-state index is 14.3. The van der Waals surface area contributed by atoms with E-state index in [1.165, 1.54) is 6.07 Å². The Labute approximate surface area is 169 Å². The minimum atomic E-state index is -0.657. The quantitative estimate of drug-likeness (QED) is 0.576. The van der Waals surface area contributed by atoms with Gasteiger partial charge in [-0.25, -0.2) is 9.18 Å². The molecular weight excluding hydrogens is 369 g/mol. The minimum Gasteiger partial charge on any atom is -0.422 e. The molecule has 2 aromatic carbocycles. The zero-order valence-corrected chi connectivity index (χ0v) is 16.4. The van der Waals surface area contributed by atoms with Crippen molar-refractivity contribution in [3.8, 4) is 0 Å². The minimum absolute atomic E-state index is 0.00203. The summed E-state index contributed by atoms with van der Waals surface area (Å²) in [6, 6.07) is 15.1. The van der Waals surface area contributed by atoms with Gasteiger partial charge in [-0.2, -0.15) is 0 Å². The van der Waals surface area contributed by atoms with Crippen molar-refractivity contribution in [3.05, 3.63) is 82.0 Å². The third-order valence-corrected chi connectivity index (χ3v) is 5.90. The molecule has 1 heterocycles. The summed E-state index contributed by atoms with van der Waals surface area (Å²) in [4.78, 5) is 27.8. The molecule has 4 nitrogen and oxygen atoms in total. The Kier molecular flexibility index (Phi) is 5.47. The molecule has 0 unspecified atom stereocenters. The van der Waals surface area contributed by atoms with Crippen LogP contribution in [0.5, 0.6) is 0 Å². The summed E-state index contributed by atoms with van der Waals surface area (Å²) in [5.41, 5.74) is 0.234. The number of para-hydroxylation sites is 1. The third-order valence-electron chi connectivity index (χ3n) is 5.90. The second kappa shape index (κ2) is 8.19. The topological polar surface area (TPSA) is 50.5 Å². The van der Waals surface area contributed by atoms with Gasteiger partial charge in [-0.3, -0.25) is 4.79 Å². The van der Waals surface area contributed by atoms with Crippen molar-refractivity contribution in [2.75, 3.05) is 0 Å². The molecule has 0 saturated heterocycles. The Hall–Kier alpha value is -2.95. The number of fused-ring (bicyclic) bond motifs is 1. The number of rotatable bonds is 4. The summed E-state index contributed by atoms with van der Waals surface area (Å²) in [6.45, 7) is 2.25. The molecule has 3 aromatic rings. The summed E-state index contributed by atoms with van der Waals surface area (Å²) in [5.74, 6) is -0.460. The number of hydrogen-bond donors (Lipinski definition) is 0. The number of nitrogens with zero attached hydrogens (tertiary/aromatic N) is 1. The Bertz CT molecular complexity index is 1090. The fraction of sp³-hybridized carbons (Fsp3) is 0.333. The van der Waals surface area contributed by atoms with Crippen LogP contribution in [0.3, 0.4) is 0 Å². The fourth-order valence-electron chi connectivity index (χ4n) is 4.28. The van der Waals surface area contributed by atoms with Crippen LogP contribution in [0.2, 0.25) is 0 Å². The Morgan fingerprint density at radius 2 is 1.83 bits per heavy atom. The highest BCUT2D eigenvalue weighted by Gasteiger charge is 2.33. The summed E-state index contributed by atoms with van der Waals surface area (Å²) < 4.78 is 19.7. The van der Waals surface area contributed by atoms with Crippen LogP contribution in [-0.4, -0.2) is 16.8 Å². The standard InChI is InChI=1S/C24H24FNO3/c1-16-8-2-6-12-21(16)26(15-18-10-3-5-11-20(18)25)23(27)19-14-17-9-4-7-13-22(17)29-24(19)28/h3-5,7,9-11,13-14,16,21H,2,6,8,12,15H2,1H3/t16-,21-/m1/s1. The van der Waals surface area contributed by atoms with Crippen LogP contribution in [0.1, 0.15) is 48.5 Å². The van der Waals surface area contributed by atoms with E-state index in [-0.39, 0.29) is 29.9 Å². The average molecular weight is 393 g/mol. The highest BCUT2D eigenvalue weighted by molar-refractivity contribution is 5.96. The van der Waals surface area contributed by atoms with Crippen molar-refractivity contribution in [1.82, 2.24) is 4.90 Å². The molecule has 2 atom stereocenters. The number of amides is 1. The molecule has 0 spiro atoms. The number of hydrogen-bond acceptors (Lipinski definition) is 3. The normalized spacial score (nSPS) is 19.2. The molecular formula is C24H24FNO3. The zero-order chi connectivity index (χ0) is 20.4. The molecule has 0 aliphatic heterocycles. The summed E-state index contributed by atoms with van der Waals surface area (Å²) >= 11 is 0. The van der Waals surface area contributed by atoms with E-state index in [2.05, 4.69) is 6.92 Å². The van der Waals surface area contributed by atoms with Gasteiger partial charge in [0.05, 0.1) is 0 Å². The first-order valence-corrected chi connectivity index (χ1v) is 10.1. The first kappa shape index (κ1) is 19.4. The lowest BCUT2D eigenvalue weighted by Gasteiger charge is -2.38. The molecule has 1 saturated carbocycles. The van der Waals surface area contributed by atoms with Crippen molar-refractivity contribution in [1.29, 1.82) is 0 Å². The molecule has 4 rings (SSSR count). The van der Waals surface area contributed by atoms with Crippen LogP contribution in [-0.2, 0) is 6.54 Å². The van der Waals surface area contributed by atoms with Crippen LogP contribution in [0.25, 0.3) is 11.0 Å². The van der Waals surface area contributed by atoms with Crippen molar-refractivity contribution in [3.63, 3.8) is 0 Å². The van der Waals surface area contributed by atoms with Gasteiger partial charge in [0.25, 0.3) is 5.91 Å². The van der Waals surface area contributed by atoms with Gasteiger partial charge >= 0.3 is 5.63 Å². The van der Waals surface area contributed by atoms with Gasteiger partial charge in [0.15, 0.2) is 0 Å². The average Bonchev–Trinajstić information content (AvgIpc) is 2.73. The Morgan fingerprint density at radius 1 is 1.10 bits per heavy atom. The third kappa shape index (κ3) is 3.95. The molecule has 150 valence electrons. The molecule has 0 N–H and O–H groups in total.